The normalized spacial score (nSPS) is 13.7. The molecule has 0 saturated heterocycles. The average Bonchev–Trinajstić information content (AvgIpc) is 3.05. The average molecular weight is 691 g/mol. The Hall–Kier alpha value is -3.01. The van der Waals surface area contributed by atoms with Crippen LogP contribution in [-0.4, -0.2) is 87.4 Å². The number of ether oxygens (including phenoxy) is 4. The van der Waals surface area contributed by atoms with Gasteiger partial charge in [0.25, 0.3) is 6.29 Å². The van der Waals surface area contributed by atoms with Crippen molar-refractivity contribution in [2.45, 2.75) is 129 Å². The number of rotatable bonds is 32. The molecule has 0 bridgehead atoms. The number of carboxylic acid groups (broad SMARTS) is 1. The summed E-state index contributed by atoms with van der Waals surface area (Å²) in [4.78, 5) is 36.6. The van der Waals surface area contributed by atoms with Crippen molar-refractivity contribution in [1.29, 1.82) is 0 Å². The van der Waals surface area contributed by atoms with E-state index in [0.717, 1.165) is 83.5 Å². The number of hydrogen-bond donors (Lipinski definition) is 1. The minimum atomic E-state index is -1.52. The number of quaternary nitrogens is 1. The first-order valence-electron chi connectivity index (χ1n) is 18.5. The van der Waals surface area contributed by atoms with E-state index in [-0.39, 0.29) is 38.6 Å². The molecular weight excluding hydrogens is 622 g/mol. The quantitative estimate of drug-likeness (QED) is 0.0246. The second-order valence-electron chi connectivity index (χ2n) is 13.2. The summed E-state index contributed by atoms with van der Waals surface area (Å²) < 4.78 is 22.4. The Kier molecular flexibility index (Phi) is 30.2. The lowest BCUT2D eigenvalue weighted by atomic mass is 10.1. The molecule has 1 N–H and O–H groups in total. The molecule has 9 nitrogen and oxygen atoms in total. The fourth-order valence-electron chi connectivity index (χ4n) is 4.39. The van der Waals surface area contributed by atoms with Crippen molar-refractivity contribution in [2.24, 2.45) is 0 Å². The highest BCUT2D eigenvalue weighted by atomic mass is 16.7. The number of carbonyl (C=O) groups excluding carboxylic acids is 2. The van der Waals surface area contributed by atoms with Gasteiger partial charge in [-0.15, -0.1) is 0 Å². The number of carboxylic acids is 1. The second kappa shape index (κ2) is 32.2. The molecule has 0 saturated carbocycles. The van der Waals surface area contributed by atoms with Gasteiger partial charge in [-0.3, -0.25) is 9.59 Å². The Morgan fingerprint density at radius 2 is 1.16 bits per heavy atom. The van der Waals surface area contributed by atoms with Gasteiger partial charge in [0.2, 0.25) is 0 Å². The van der Waals surface area contributed by atoms with Crippen LogP contribution in [0.3, 0.4) is 0 Å². The van der Waals surface area contributed by atoms with Gasteiger partial charge in [-0.05, 0) is 57.8 Å². The summed E-state index contributed by atoms with van der Waals surface area (Å²) in [5.41, 5.74) is 0. The first-order valence-corrected chi connectivity index (χ1v) is 18.5. The molecule has 0 aromatic heterocycles. The van der Waals surface area contributed by atoms with E-state index in [1.54, 1.807) is 0 Å². The van der Waals surface area contributed by atoms with Crippen LogP contribution in [-0.2, 0) is 33.3 Å². The molecule has 0 aromatic carbocycles. The lowest BCUT2D eigenvalue weighted by Gasteiger charge is -2.25. The van der Waals surface area contributed by atoms with E-state index >= 15 is 0 Å². The van der Waals surface area contributed by atoms with E-state index in [9.17, 15) is 19.5 Å². The molecule has 0 aliphatic carbocycles. The van der Waals surface area contributed by atoms with Crippen molar-refractivity contribution in [3.63, 3.8) is 0 Å². The van der Waals surface area contributed by atoms with Crippen molar-refractivity contribution >= 4 is 17.9 Å². The maximum atomic E-state index is 12.6. The number of hydrogen-bond acceptors (Lipinski definition) is 7. The topological polar surface area (TPSA) is 108 Å². The van der Waals surface area contributed by atoms with Crippen LogP contribution in [0.15, 0.2) is 60.8 Å². The smallest absolute Gasteiger partial charge is 0.361 e. The van der Waals surface area contributed by atoms with Crippen molar-refractivity contribution in [2.75, 3.05) is 47.5 Å². The number of carbonyl (C=O) groups is 3. The highest BCUT2D eigenvalue weighted by Gasteiger charge is 2.25. The summed E-state index contributed by atoms with van der Waals surface area (Å²) in [6.07, 6.45) is 33.2. The Morgan fingerprint density at radius 1 is 0.633 bits per heavy atom. The first kappa shape index (κ1) is 46.0. The lowest BCUT2D eigenvalue weighted by molar-refractivity contribution is -0.870. The minimum Gasteiger partial charge on any atom is -0.477 e. The molecule has 0 spiro atoms. The lowest BCUT2D eigenvalue weighted by Crippen LogP contribution is -2.40. The fraction of sp³-hybridized carbons (Fsp3) is 0.675. The molecular formula is C40H68NO8+. The van der Waals surface area contributed by atoms with Gasteiger partial charge in [0.1, 0.15) is 13.2 Å². The molecule has 280 valence electrons. The molecule has 0 aliphatic rings. The van der Waals surface area contributed by atoms with E-state index in [4.69, 9.17) is 18.9 Å². The minimum absolute atomic E-state index is 0.178. The van der Waals surface area contributed by atoms with Crippen LogP contribution in [0, 0.1) is 0 Å². The van der Waals surface area contributed by atoms with Crippen LogP contribution in [0.2, 0.25) is 0 Å². The Bertz CT molecular complexity index is 993. The monoisotopic (exact) mass is 690 g/mol. The van der Waals surface area contributed by atoms with Crippen molar-refractivity contribution in [1.82, 2.24) is 0 Å². The van der Waals surface area contributed by atoms with E-state index in [0.29, 0.717) is 17.4 Å². The number of unbranched alkanes of at least 4 members (excludes halogenated alkanes) is 7. The van der Waals surface area contributed by atoms with Gasteiger partial charge in [0.05, 0.1) is 34.4 Å². The van der Waals surface area contributed by atoms with E-state index in [1.807, 2.05) is 21.1 Å². The fourth-order valence-corrected chi connectivity index (χ4v) is 4.39. The van der Waals surface area contributed by atoms with Crippen molar-refractivity contribution in [3.05, 3.63) is 60.8 Å². The van der Waals surface area contributed by atoms with Crippen LogP contribution in [0.4, 0.5) is 0 Å². The molecule has 0 aromatic rings. The molecule has 2 atom stereocenters. The zero-order valence-electron chi connectivity index (χ0n) is 31.3. The summed E-state index contributed by atoms with van der Waals surface area (Å²) in [5, 5.41) is 9.54. The van der Waals surface area contributed by atoms with Crippen LogP contribution >= 0.6 is 0 Å². The SMILES string of the molecule is CC/C=C\C/C=C\C/C=C\C/C=C\C/C=C\CCCCCC(=O)OC(COC(=O)CCCCCCC)COC(OCC[N+](C)(C)C)C(=O)O. The zero-order valence-corrected chi connectivity index (χ0v) is 31.3. The third kappa shape index (κ3) is 33.3. The second-order valence-corrected chi connectivity index (χ2v) is 13.2. The molecule has 0 heterocycles. The number of aliphatic carboxylic acids is 1. The highest BCUT2D eigenvalue weighted by Crippen LogP contribution is 2.10. The third-order valence-electron chi connectivity index (χ3n) is 7.29. The Morgan fingerprint density at radius 3 is 1.71 bits per heavy atom. The highest BCUT2D eigenvalue weighted by molar-refractivity contribution is 5.71. The summed E-state index contributed by atoms with van der Waals surface area (Å²) >= 11 is 0. The van der Waals surface area contributed by atoms with E-state index in [1.165, 1.54) is 0 Å². The Balaban J connectivity index is 4.50. The van der Waals surface area contributed by atoms with Gasteiger partial charge < -0.3 is 28.5 Å². The van der Waals surface area contributed by atoms with Gasteiger partial charge in [-0.1, -0.05) is 107 Å². The standard InChI is InChI=1S/C40H67NO8/c1-6-8-10-12-13-14-15-16-17-18-19-20-21-22-23-24-25-27-29-31-38(43)49-36(34-47-37(42)30-28-26-11-9-7-2)35-48-40(39(44)45)46-33-32-41(3,4)5/h8,10,13-14,16-17,19-20,22-23,36,40H,6-7,9,11-12,15,18,21,24-35H2,1-5H3/p+1/b10-8-,14-13-,17-16-,20-19-,23-22-. The van der Waals surface area contributed by atoms with E-state index < -0.39 is 24.3 Å². The molecule has 0 rings (SSSR count). The van der Waals surface area contributed by atoms with Crippen molar-refractivity contribution in [3.8, 4) is 0 Å². The van der Waals surface area contributed by atoms with Gasteiger partial charge in [0, 0.05) is 12.8 Å². The molecule has 0 aliphatic heterocycles. The van der Waals surface area contributed by atoms with Crippen LogP contribution in [0.5, 0.6) is 0 Å². The van der Waals surface area contributed by atoms with Crippen molar-refractivity contribution < 1.29 is 42.9 Å². The summed E-state index contributed by atoms with van der Waals surface area (Å²) in [6.45, 7) is 4.58. The van der Waals surface area contributed by atoms with Crippen LogP contribution in [0.25, 0.3) is 0 Å². The van der Waals surface area contributed by atoms with Gasteiger partial charge in [0.15, 0.2) is 6.10 Å². The van der Waals surface area contributed by atoms with Gasteiger partial charge >= 0.3 is 17.9 Å². The predicted octanol–water partition coefficient (Wildman–Crippen LogP) is 8.65. The number of allylic oxidation sites excluding steroid dienone is 10. The maximum Gasteiger partial charge on any atom is 0.361 e. The molecule has 0 amide bonds. The van der Waals surface area contributed by atoms with Gasteiger partial charge in [-0.25, -0.2) is 4.79 Å². The molecule has 49 heavy (non-hydrogen) atoms. The number of likely N-dealkylation sites (N-methyl/N-ethyl adjacent to an activating group) is 1. The number of nitrogens with zero attached hydrogens (tertiary/aromatic N) is 1. The first-order chi connectivity index (χ1) is 23.6. The summed E-state index contributed by atoms with van der Waals surface area (Å²) in [6, 6.07) is 0. The van der Waals surface area contributed by atoms with Crippen LogP contribution < -0.4 is 0 Å². The molecule has 0 fully saturated rings. The largest absolute Gasteiger partial charge is 0.477 e. The summed E-state index contributed by atoms with van der Waals surface area (Å²) in [7, 11) is 5.91. The molecule has 9 heteroatoms. The molecule has 2 unspecified atom stereocenters. The maximum absolute atomic E-state index is 12.6. The van der Waals surface area contributed by atoms with Crippen LogP contribution in [0.1, 0.15) is 117 Å². The number of esters is 2. The van der Waals surface area contributed by atoms with Gasteiger partial charge in [-0.2, -0.15) is 0 Å². The predicted molar refractivity (Wildman–Crippen MR) is 198 cm³/mol. The van der Waals surface area contributed by atoms with E-state index in [2.05, 4.69) is 74.6 Å². The zero-order chi connectivity index (χ0) is 36.4. The summed E-state index contributed by atoms with van der Waals surface area (Å²) in [5.74, 6) is -2.08. The Labute approximate surface area is 297 Å². The third-order valence-corrected chi connectivity index (χ3v) is 7.29. The molecule has 0 radical (unpaired) electrons.